The molecule has 3 heteroatoms. The minimum atomic E-state index is -0.418. The van der Waals surface area contributed by atoms with Crippen LogP contribution in [0, 0.1) is 0 Å². The maximum Gasteiger partial charge on any atom is 0.411 e. The Hall–Kier alpha value is -0.990. The molecule has 0 aromatic carbocycles. The number of hydrogen-bond acceptors (Lipinski definition) is 2. The van der Waals surface area contributed by atoms with Crippen LogP contribution in [-0.2, 0) is 4.74 Å². The first-order valence-electron chi connectivity index (χ1n) is 5.01. The van der Waals surface area contributed by atoms with Gasteiger partial charge in [0, 0.05) is 0 Å². The number of hydrogen-bond donors (Lipinski definition) is 0. The van der Waals surface area contributed by atoms with E-state index in [0.717, 1.165) is 0 Å². The summed E-state index contributed by atoms with van der Waals surface area (Å²) in [6, 6.07) is 0.277. The Bertz CT molecular complexity index is 241. The zero-order chi connectivity index (χ0) is 10.9. The smallest absolute Gasteiger partial charge is 0.411 e. The second-order valence-corrected chi connectivity index (χ2v) is 4.75. The van der Waals surface area contributed by atoms with Crippen molar-refractivity contribution in [1.29, 1.82) is 0 Å². The minimum Gasteiger partial charge on any atom is -0.444 e. The van der Waals surface area contributed by atoms with Crippen LogP contribution in [0.4, 0.5) is 4.79 Å². The van der Waals surface area contributed by atoms with Gasteiger partial charge in [0.1, 0.15) is 5.60 Å². The first kappa shape index (κ1) is 11.1. The molecule has 0 bridgehead atoms. The topological polar surface area (TPSA) is 29.5 Å². The molecule has 0 radical (unpaired) electrons. The van der Waals surface area contributed by atoms with Gasteiger partial charge >= 0.3 is 6.09 Å². The second kappa shape index (κ2) is 3.64. The molecule has 2 atom stereocenters. The molecule has 1 amide bonds. The molecule has 0 aromatic rings. The molecule has 0 N–H and O–H groups in total. The van der Waals surface area contributed by atoms with Gasteiger partial charge in [-0.05, 0) is 34.6 Å². The molecule has 1 heterocycles. The van der Waals surface area contributed by atoms with E-state index in [4.69, 9.17) is 4.74 Å². The van der Waals surface area contributed by atoms with Gasteiger partial charge < -0.3 is 4.74 Å². The lowest BCUT2D eigenvalue weighted by Crippen LogP contribution is -2.42. The molecular weight excluding hydrogens is 178 g/mol. The van der Waals surface area contributed by atoms with Crippen LogP contribution in [0.3, 0.4) is 0 Å². The molecule has 0 aliphatic carbocycles. The van der Waals surface area contributed by atoms with Crippen molar-refractivity contribution in [1.82, 2.24) is 4.90 Å². The lowest BCUT2D eigenvalue weighted by molar-refractivity contribution is 0.0194. The molecule has 0 fully saturated rings. The Kier molecular flexibility index (Phi) is 2.88. The van der Waals surface area contributed by atoms with Crippen LogP contribution < -0.4 is 0 Å². The highest BCUT2D eigenvalue weighted by molar-refractivity contribution is 5.70. The van der Waals surface area contributed by atoms with Gasteiger partial charge in [-0.3, -0.25) is 4.90 Å². The Balaban J connectivity index is 2.62. The molecule has 2 unspecified atom stereocenters. The number of carbonyl (C=O) groups is 1. The van der Waals surface area contributed by atoms with Crippen LogP contribution in [0.2, 0.25) is 0 Å². The van der Waals surface area contributed by atoms with Gasteiger partial charge in [-0.25, -0.2) is 4.79 Å². The highest BCUT2D eigenvalue weighted by Gasteiger charge is 2.30. The second-order valence-electron chi connectivity index (χ2n) is 4.75. The van der Waals surface area contributed by atoms with Crippen LogP contribution in [0.25, 0.3) is 0 Å². The number of amides is 1. The van der Waals surface area contributed by atoms with E-state index in [1.807, 2.05) is 46.8 Å². The summed E-state index contributed by atoms with van der Waals surface area (Å²) in [5.41, 5.74) is -0.418. The van der Waals surface area contributed by atoms with E-state index in [-0.39, 0.29) is 18.2 Å². The summed E-state index contributed by atoms with van der Waals surface area (Å²) >= 11 is 0. The SMILES string of the molecule is CC1C=CC(C)N1C(=O)OC(C)(C)C. The molecular formula is C11H19NO2. The summed E-state index contributed by atoms with van der Waals surface area (Å²) in [4.78, 5) is 13.5. The third-order valence-corrected chi connectivity index (χ3v) is 2.15. The molecule has 0 saturated carbocycles. The first-order valence-corrected chi connectivity index (χ1v) is 5.01. The minimum absolute atomic E-state index is 0.139. The first-order chi connectivity index (χ1) is 6.31. The van der Waals surface area contributed by atoms with Crippen LogP contribution in [0.1, 0.15) is 34.6 Å². The van der Waals surface area contributed by atoms with Crippen LogP contribution in [-0.4, -0.2) is 28.7 Å². The van der Waals surface area contributed by atoms with E-state index < -0.39 is 5.60 Å². The zero-order valence-electron chi connectivity index (χ0n) is 9.57. The summed E-state index contributed by atoms with van der Waals surface area (Å²) in [6.45, 7) is 9.62. The number of nitrogens with zero attached hydrogens (tertiary/aromatic N) is 1. The average Bonchev–Trinajstić information content (AvgIpc) is 2.27. The van der Waals surface area contributed by atoms with E-state index in [9.17, 15) is 4.79 Å². The van der Waals surface area contributed by atoms with Crippen LogP contribution in [0.5, 0.6) is 0 Å². The van der Waals surface area contributed by atoms with E-state index in [1.54, 1.807) is 4.90 Å². The number of rotatable bonds is 0. The summed E-state index contributed by atoms with van der Waals surface area (Å²) < 4.78 is 5.31. The van der Waals surface area contributed by atoms with Crippen molar-refractivity contribution >= 4 is 6.09 Å². The summed E-state index contributed by atoms with van der Waals surface area (Å²) in [6.07, 6.45) is 3.81. The Labute approximate surface area is 85.7 Å². The van der Waals surface area contributed by atoms with Crippen molar-refractivity contribution in [2.75, 3.05) is 0 Å². The van der Waals surface area contributed by atoms with Gasteiger partial charge in [-0.15, -0.1) is 0 Å². The standard InChI is InChI=1S/C11H19NO2/c1-8-6-7-9(2)12(8)10(13)14-11(3,4)5/h6-9H,1-5H3. The highest BCUT2D eigenvalue weighted by Crippen LogP contribution is 2.20. The molecule has 14 heavy (non-hydrogen) atoms. The average molecular weight is 197 g/mol. The molecule has 3 nitrogen and oxygen atoms in total. The quantitative estimate of drug-likeness (QED) is 0.558. The fraction of sp³-hybridized carbons (Fsp3) is 0.727. The molecule has 1 aliphatic rings. The fourth-order valence-electron chi connectivity index (χ4n) is 1.53. The van der Waals surface area contributed by atoms with Crippen LogP contribution in [0.15, 0.2) is 12.2 Å². The van der Waals surface area contributed by atoms with Gasteiger partial charge in [0.25, 0.3) is 0 Å². The summed E-state index contributed by atoms with van der Waals surface area (Å²) in [7, 11) is 0. The van der Waals surface area contributed by atoms with Gasteiger partial charge in [0.05, 0.1) is 12.1 Å². The number of ether oxygens (including phenoxy) is 1. The predicted molar refractivity (Wildman–Crippen MR) is 56.1 cm³/mol. The summed E-state index contributed by atoms with van der Waals surface area (Å²) in [5.74, 6) is 0. The molecule has 0 spiro atoms. The van der Waals surface area contributed by atoms with E-state index in [1.165, 1.54) is 0 Å². The number of carbonyl (C=O) groups excluding carboxylic acids is 1. The molecule has 0 aromatic heterocycles. The van der Waals surface area contributed by atoms with Crippen molar-refractivity contribution in [3.8, 4) is 0 Å². The highest BCUT2D eigenvalue weighted by atomic mass is 16.6. The van der Waals surface area contributed by atoms with Crippen molar-refractivity contribution < 1.29 is 9.53 Å². The zero-order valence-corrected chi connectivity index (χ0v) is 9.57. The van der Waals surface area contributed by atoms with Crippen molar-refractivity contribution in [2.45, 2.75) is 52.3 Å². The third kappa shape index (κ3) is 2.50. The molecule has 80 valence electrons. The monoisotopic (exact) mass is 197 g/mol. The van der Waals surface area contributed by atoms with Gasteiger partial charge in [0.15, 0.2) is 0 Å². The Morgan fingerprint density at radius 2 is 1.64 bits per heavy atom. The van der Waals surface area contributed by atoms with E-state index >= 15 is 0 Å². The van der Waals surface area contributed by atoms with Crippen molar-refractivity contribution in [2.24, 2.45) is 0 Å². The lowest BCUT2D eigenvalue weighted by atomic mass is 10.2. The molecule has 1 rings (SSSR count). The van der Waals surface area contributed by atoms with E-state index in [0.29, 0.717) is 0 Å². The van der Waals surface area contributed by atoms with Crippen LogP contribution >= 0.6 is 0 Å². The lowest BCUT2D eigenvalue weighted by Gasteiger charge is -2.29. The predicted octanol–water partition coefficient (Wildman–Crippen LogP) is 2.57. The largest absolute Gasteiger partial charge is 0.444 e. The Morgan fingerprint density at radius 1 is 1.21 bits per heavy atom. The van der Waals surface area contributed by atoms with E-state index in [2.05, 4.69) is 0 Å². The maximum absolute atomic E-state index is 11.7. The van der Waals surface area contributed by atoms with Crippen molar-refractivity contribution in [3.63, 3.8) is 0 Å². The molecule has 1 aliphatic heterocycles. The Morgan fingerprint density at radius 3 is 2.00 bits per heavy atom. The van der Waals surface area contributed by atoms with Gasteiger partial charge in [-0.1, -0.05) is 12.2 Å². The van der Waals surface area contributed by atoms with Gasteiger partial charge in [-0.2, -0.15) is 0 Å². The third-order valence-electron chi connectivity index (χ3n) is 2.15. The van der Waals surface area contributed by atoms with Gasteiger partial charge in [0.2, 0.25) is 0 Å². The normalized spacial score (nSPS) is 26.8. The van der Waals surface area contributed by atoms with Crippen molar-refractivity contribution in [3.05, 3.63) is 12.2 Å². The summed E-state index contributed by atoms with van der Waals surface area (Å²) in [5, 5.41) is 0. The maximum atomic E-state index is 11.7. The fourth-order valence-corrected chi connectivity index (χ4v) is 1.53. The molecule has 0 saturated heterocycles.